The Bertz CT molecular complexity index is 868. The van der Waals surface area contributed by atoms with Crippen molar-refractivity contribution in [3.05, 3.63) is 60.9 Å². The molecule has 0 aromatic carbocycles. The van der Waals surface area contributed by atoms with Crippen LogP contribution in [0.5, 0.6) is 0 Å². The molecule has 0 radical (unpaired) electrons. The number of nitrogens with zero attached hydrogens (tertiary/aromatic N) is 6. The Balaban J connectivity index is 1.92. The Morgan fingerprint density at radius 1 is 1.00 bits per heavy atom. The summed E-state index contributed by atoms with van der Waals surface area (Å²) in [6.45, 7) is 2.01. The smallest absolute Gasteiger partial charge is 0.183 e. The second-order valence-corrected chi connectivity index (χ2v) is 4.64. The fourth-order valence-electron chi connectivity index (χ4n) is 2.18. The number of rotatable bonds is 2. The van der Waals surface area contributed by atoms with Crippen LogP contribution in [0.4, 0.5) is 0 Å². The minimum absolute atomic E-state index is 0.777. The summed E-state index contributed by atoms with van der Waals surface area (Å²) in [6.07, 6.45) is 11.4. The lowest BCUT2D eigenvalue weighted by molar-refractivity contribution is 0.880. The molecule has 20 heavy (non-hydrogen) atoms. The molecule has 0 aliphatic rings. The Kier molecular flexibility index (Phi) is 2.23. The molecule has 0 atom stereocenters. The molecule has 98 valence electrons. The minimum Gasteiger partial charge on any atom is -0.309 e. The normalized spacial score (nSPS) is 11.2. The van der Waals surface area contributed by atoms with Gasteiger partial charge in [-0.15, -0.1) is 0 Å². The van der Waals surface area contributed by atoms with Crippen molar-refractivity contribution in [3.63, 3.8) is 0 Å². The Hall–Kier alpha value is -2.89. The lowest BCUT2D eigenvalue weighted by atomic mass is 10.4. The van der Waals surface area contributed by atoms with E-state index in [0.717, 1.165) is 22.7 Å². The van der Waals surface area contributed by atoms with Crippen LogP contribution in [0.3, 0.4) is 0 Å². The SMILES string of the molecule is Cc1cnn(-c2cnn3ccc(-n4cccc4)nc23)c1. The highest BCUT2D eigenvalue weighted by Crippen LogP contribution is 2.15. The molecular formula is C14H12N6. The van der Waals surface area contributed by atoms with Gasteiger partial charge in [-0.2, -0.15) is 10.2 Å². The molecule has 6 nitrogen and oxygen atoms in total. The average Bonchev–Trinajstić information content (AvgIpc) is 3.17. The van der Waals surface area contributed by atoms with Crippen LogP contribution < -0.4 is 0 Å². The summed E-state index contributed by atoms with van der Waals surface area (Å²) >= 11 is 0. The van der Waals surface area contributed by atoms with E-state index >= 15 is 0 Å². The van der Waals surface area contributed by atoms with Crippen LogP contribution in [0, 0.1) is 6.92 Å². The highest BCUT2D eigenvalue weighted by atomic mass is 15.3. The molecule has 0 amide bonds. The zero-order valence-electron chi connectivity index (χ0n) is 10.9. The monoisotopic (exact) mass is 264 g/mol. The fourth-order valence-corrected chi connectivity index (χ4v) is 2.18. The van der Waals surface area contributed by atoms with Crippen LogP contribution in [0.1, 0.15) is 5.56 Å². The van der Waals surface area contributed by atoms with Crippen molar-refractivity contribution in [3.8, 4) is 11.5 Å². The summed E-state index contributed by atoms with van der Waals surface area (Å²) in [6, 6.07) is 5.87. The van der Waals surface area contributed by atoms with Gasteiger partial charge in [0.25, 0.3) is 0 Å². The number of aromatic nitrogens is 6. The molecule has 4 rings (SSSR count). The molecular weight excluding hydrogens is 252 g/mol. The summed E-state index contributed by atoms with van der Waals surface area (Å²) in [7, 11) is 0. The first-order chi connectivity index (χ1) is 9.81. The quantitative estimate of drug-likeness (QED) is 0.556. The van der Waals surface area contributed by atoms with E-state index in [-0.39, 0.29) is 0 Å². The Morgan fingerprint density at radius 2 is 1.85 bits per heavy atom. The highest BCUT2D eigenvalue weighted by Gasteiger charge is 2.09. The first-order valence-electron chi connectivity index (χ1n) is 6.31. The predicted octanol–water partition coefficient (Wildman–Crippen LogP) is 2.01. The molecule has 0 saturated carbocycles. The van der Waals surface area contributed by atoms with Gasteiger partial charge in [-0.3, -0.25) is 0 Å². The highest BCUT2D eigenvalue weighted by molar-refractivity contribution is 5.58. The molecule has 0 aliphatic heterocycles. The summed E-state index contributed by atoms with van der Waals surface area (Å²) in [5.41, 5.74) is 2.75. The van der Waals surface area contributed by atoms with E-state index < -0.39 is 0 Å². The third-order valence-corrected chi connectivity index (χ3v) is 3.16. The second kappa shape index (κ2) is 4.06. The van der Waals surface area contributed by atoms with Crippen molar-refractivity contribution in [1.82, 2.24) is 28.9 Å². The third-order valence-electron chi connectivity index (χ3n) is 3.16. The number of hydrogen-bond acceptors (Lipinski definition) is 3. The molecule has 0 spiro atoms. The van der Waals surface area contributed by atoms with Crippen molar-refractivity contribution in [1.29, 1.82) is 0 Å². The molecule has 0 fully saturated rings. The standard InChI is InChI=1S/C14H12N6/c1-11-8-15-20(10-11)12-9-16-19-7-4-13(17-14(12)19)18-5-2-3-6-18/h2-10H,1H3. The summed E-state index contributed by atoms with van der Waals surface area (Å²) < 4.78 is 5.51. The Morgan fingerprint density at radius 3 is 2.60 bits per heavy atom. The molecule has 0 unspecified atom stereocenters. The minimum atomic E-state index is 0.777. The van der Waals surface area contributed by atoms with Gasteiger partial charge < -0.3 is 4.57 Å². The number of hydrogen-bond donors (Lipinski definition) is 0. The summed E-state index contributed by atoms with van der Waals surface area (Å²) in [4.78, 5) is 4.67. The number of aryl methyl sites for hydroxylation is 1. The van der Waals surface area contributed by atoms with Crippen molar-refractivity contribution >= 4 is 5.65 Å². The van der Waals surface area contributed by atoms with E-state index in [1.54, 1.807) is 15.4 Å². The van der Waals surface area contributed by atoms with E-state index in [1.165, 1.54) is 0 Å². The molecule has 0 bridgehead atoms. The van der Waals surface area contributed by atoms with Gasteiger partial charge in [-0.05, 0) is 30.7 Å². The maximum absolute atomic E-state index is 4.67. The van der Waals surface area contributed by atoms with E-state index in [0.29, 0.717) is 0 Å². The molecule has 0 aliphatic carbocycles. The summed E-state index contributed by atoms with van der Waals surface area (Å²) in [5, 5.41) is 8.63. The predicted molar refractivity (Wildman–Crippen MR) is 74.2 cm³/mol. The maximum atomic E-state index is 4.67. The molecule has 0 N–H and O–H groups in total. The van der Waals surface area contributed by atoms with Crippen LogP contribution in [-0.4, -0.2) is 28.9 Å². The largest absolute Gasteiger partial charge is 0.309 e. The summed E-state index contributed by atoms with van der Waals surface area (Å²) in [5.74, 6) is 0.855. The van der Waals surface area contributed by atoms with Gasteiger partial charge in [0.2, 0.25) is 0 Å². The van der Waals surface area contributed by atoms with Gasteiger partial charge >= 0.3 is 0 Å². The molecule has 0 saturated heterocycles. The third kappa shape index (κ3) is 1.62. The van der Waals surface area contributed by atoms with Gasteiger partial charge in [0.15, 0.2) is 5.65 Å². The van der Waals surface area contributed by atoms with Crippen LogP contribution in [0.15, 0.2) is 55.4 Å². The van der Waals surface area contributed by atoms with E-state index in [1.807, 2.05) is 60.7 Å². The molecule has 4 heterocycles. The molecule has 4 aromatic heterocycles. The molecule has 4 aromatic rings. The lowest BCUT2D eigenvalue weighted by Crippen LogP contribution is -2.00. The van der Waals surface area contributed by atoms with E-state index in [4.69, 9.17) is 0 Å². The van der Waals surface area contributed by atoms with Crippen LogP contribution in [0.25, 0.3) is 17.2 Å². The van der Waals surface area contributed by atoms with Gasteiger partial charge in [0.1, 0.15) is 11.5 Å². The second-order valence-electron chi connectivity index (χ2n) is 4.64. The van der Waals surface area contributed by atoms with Crippen molar-refractivity contribution in [2.75, 3.05) is 0 Å². The first kappa shape index (κ1) is 11.0. The van der Waals surface area contributed by atoms with E-state index in [9.17, 15) is 0 Å². The zero-order chi connectivity index (χ0) is 13.5. The van der Waals surface area contributed by atoms with Gasteiger partial charge in [-0.25, -0.2) is 14.2 Å². The Labute approximate surface area is 114 Å². The topological polar surface area (TPSA) is 52.9 Å². The van der Waals surface area contributed by atoms with Crippen LogP contribution >= 0.6 is 0 Å². The van der Waals surface area contributed by atoms with Crippen LogP contribution in [-0.2, 0) is 0 Å². The number of fused-ring (bicyclic) bond motifs is 1. The fraction of sp³-hybridized carbons (Fsp3) is 0.0714. The maximum Gasteiger partial charge on any atom is 0.183 e. The van der Waals surface area contributed by atoms with Crippen molar-refractivity contribution < 1.29 is 0 Å². The zero-order valence-corrected chi connectivity index (χ0v) is 10.9. The van der Waals surface area contributed by atoms with Gasteiger partial charge in [0.05, 0.1) is 12.4 Å². The van der Waals surface area contributed by atoms with Crippen LogP contribution in [0.2, 0.25) is 0 Å². The van der Waals surface area contributed by atoms with Gasteiger partial charge in [-0.1, -0.05) is 0 Å². The van der Waals surface area contributed by atoms with E-state index in [2.05, 4.69) is 15.2 Å². The van der Waals surface area contributed by atoms with Crippen molar-refractivity contribution in [2.45, 2.75) is 6.92 Å². The first-order valence-corrected chi connectivity index (χ1v) is 6.31. The molecule has 6 heteroatoms. The lowest BCUT2D eigenvalue weighted by Gasteiger charge is -2.03. The van der Waals surface area contributed by atoms with Gasteiger partial charge in [0, 0.05) is 24.8 Å². The average molecular weight is 264 g/mol. The van der Waals surface area contributed by atoms with Crippen molar-refractivity contribution in [2.24, 2.45) is 0 Å².